The lowest BCUT2D eigenvalue weighted by Crippen LogP contribution is -2.20. The summed E-state index contributed by atoms with van der Waals surface area (Å²) in [5, 5.41) is 20.2. The molecule has 1 aromatic carbocycles. The smallest absolute Gasteiger partial charge is 0.151 e. The van der Waals surface area contributed by atoms with Crippen molar-refractivity contribution in [1.82, 2.24) is 4.98 Å². The van der Waals surface area contributed by atoms with Gasteiger partial charge < -0.3 is 14.9 Å². The summed E-state index contributed by atoms with van der Waals surface area (Å²) in [7, 11) is 1.39. The Balaban J connectivity index is 2.29. The standard InChI is InChI=1S/C20H22ClF2NO3/c1-20(2,26)13-7-17(12(9-25)10-4-5-10)24-18(19(13)27-3)11-6-14(21)16(23)8-15(11)22/h6-8,10,12,25-26H,4-5,9H2,1-3H3. The molecule has 0 spiro atoms. The molecule has 1 aliphatic rings. The molecule has 0 bridgehead atoms. The highest BCUT2D eigenvalue weighted by molar-refractivity contribution is 6.31. The summed E-state index contributed by atoms with van der Waals surface area (Å²) in [5.74, 6) is -1.47. The largest absolute Gasteiger partial charge is 0.494 e. The van der Waals surface area contributed by atoms with Crippen LogP contribution in [0.1, 0.15) is 43.9 Å². The molecule has 1 unspecified atom stereocenters. The van der Waals surface area contributed by atoms with Gasteiger partial charge in [-0.25, -0.2) is 13.8 Å². The molecule has 7 heteroatoms. The molecule has 0 amide bonds. The van der Waals surface area contributed by atoms with Crippen LogP contribution in [0.3, 0.4) is 0 Å². The maximum atomic E-state index is 14.5. The van der Waals surface area contributed by atoms with Gasteiger partial charge in [0.25, 0.3) is 0 Å². The second kappa shape index (κ2) is 7.34. The zero-order chi connectivity index (χ0) is 19.9. The first kappa shape index (κ1) is 20.0. The summed E-state index contributed by atoms with van der Waals surface area (Å²) < 4.78 is 33.6. The zero-order valence-electron chi connectivity index (χ0n) is 15.4. The van der Waals surface area contributed by atoms with Crippen LogP contribution in [0.4, 0.5) is 8.78 Å². The van der Waals surface area contributed by atoms with E-state index < -0.39 is 17.2 Å². The van der Waals surface area contributed by atoms with E-state index in [1.165, 1.54) is 7.11 Å². The maximum Gasteiger partial charge on any atom is 0.151 e. The third-order valence-electron chi connectivity index (χ3n) is 4.89. The second-order valence-electron chi connectivity index (χ2n) is 7.41. The molecule has 1 saturated carbocycles. The Morgan fingerprint density at radius 3 is 2.44 bits per heavy atom. The predicted molar refractivity (Wildman–Crippen MR) is 98.9 cm³/mol. The minimum Gasteiger partial charge on any atom is -0.494 e. The number of nitrogens with zero attached hydrogens (tertiary/aromatic N) is 1. The van der Waals surface area contributed by atoms with E-state index in [1.54, 1.807) is 19.9 Å². The first-order chi connectivity index (χ1) is 12.7. The van der Waals surface area contributed by atoms with Crippen LogP contribution in [0.25, 0.3) is 11.3 Å². The Morgan fingerprint density at radius 1 is 1.26 bits per heavy atom. The number of hydrogen-bond donors (Lipinski definition) is 2. The minimum atomic E-state index is -1.30. The number of benzene rings is 1. The molecule has 1 aromatic heterocycles. The zero-order valence-corrected chi connectivity index (χ0v) is 16.1. The lowest BCUT2D eigenvalue weighted by molar-refractivity contribution is 0.0753. The van der Waals surface area contributed by atoms with Crippen LogP contribution >= 0.6 is 11.6 Å². The molecule has 1 heterocycles. The third kappa shape index (κ3) is 3.93. The number of aliphatic hydroxyl groups is 2. The van der Waals surface area contributed by atoms with Gasteiger partial charge in [0, 0.05) is 28.8 Å². The van der Waals surface area contributed by atoms with Gasteiger partial charge in [-0.15, -0.1) is 0 Å². The molecule has 3 rings (SSSR count). The van der Waals surface area contributed by atoms with Crippen molar-refractivity contribution in [3.8, 4) is 17.0 Å². The average Bonchev–Trinajstić information content (AvgIpc) is 3.42. The Labute approximate surface area is 161 Å². The molecule has 1 atom stereocenters. The summed E-state index contributed by atoms with van der Waals surface area (Å²) in [6.45, 7) is 3.05. The number of pyridine rings is 1. The molecule has 0 aliphatic heterocycles. The molecule has 0 saturated heterocycles. The highest BCUT2D eigenvalue weighted by Gasteiger charge is 2.35. The Morgan fingerprint density at radius 2 is 1.93 bits per heavy atom. The van der Waals surface area contributed by atoms with Crippen molar-refractivity contribution >= 4 is 11.6 Å². The van der Waals surface area contributed by atoms with E-state index in [4.69, 9.17) is 16.3 Å². The van der Waals surface area contributed by atoms with Crippen molar-refractivity contribution in [3.05, 3.63) is 46.1 Å². The van der Waals surface area contributed by atoms with Crippen LogP contribution in [-0.2, 0) is 5.60 Å². The van der Waals surface area contributed by atoms with Crippen LogP contribution in [-0.4, -0.2) is 28.9 Å². The van der Waals surface area contributed by atoms with Crippen molar-refractivity contribution in [2.45, 2.75) is 38.2 Å². The monoisotopic (exact) mass is 397 g/mol. The normalized spacial score (nSPS) is 15.7. The SMILES string of the molecule is COc1c(C(C)(C)O)cc(C(CO)C2CC2)nc1-c1cc(Cl)c(F)cc1F. The number of hydrogen-bond acceptors (Lipinski definition) is 4. The van der Waals surface area contributed by atoms with Gasteiger partial charge in [0.05, 0.1) is 24.3 Å². The quantitative estimate of drug-likeness (QED) is 0.709. The highest BCUT2D eigenvalue weighted by Crippen LogP contribution is 2.45. The first-order valence-electron chi connectivity index (χ1n) is 8.75. The molecular formula is C20H22ClF2NO3. The van der Waals surface area contributed by atoms with E-state index >= 15 is 0 Å². The molecule has 4 nitrogen and oxygen atoms in total. The van der Waals surface area contributed by atoms with Crippen molar-refractivity contribution < 1.29 is 23.7 Å². The van der Waals surface area contributed by atoms with E-state index in [1.807, 2.05) is 0 Å². The number of aromatic nitrogens is 1. The Kier molecular flexibility index (Phi) is 5.43. The van der Waals surface area contributed by atoms with E-state index in [0.29, 0.717) is 23.2 Å². The van der Waals surface area contributed by atoms with Crippen LogP contribution in [0.2, 0.25) is 5.02 Å². The Hall–Kier alpha value is -1.76. The van der Waals surface area contributed by atoms with E-state index in [9.17, 15) is 19.0 Å². The van der Waals surface area contributed by atoms with Gasteiger partial charge in [-0.1, -0.05) is 11.6 Å². The summed E-state index contributed by atoms with van der Waals surface area (Å²) in [5.41, 5.74) is -0.276. The lowest BCUT2D eigenvalue weighted by atomic mass is 9.90. The van der Waals surface area contributed by atoms with Gasteiger partial charge in [-0.3, -0.25) is 0 Å². The summed E-state index contributed by atoms with van der Waals surface area (Å²) in [6.07, 6.45) is 1.95. The number of halogens is 3. The molecule has 2 aromatic rings. The predicted octanol–water partition coefficient (Wildman–Crippen LogP) is 4.40. The number of methoxy groups -OCH3 is 1. The Bertz CT molecular complexity index is 863. The lowest BCUT2D eigenvalue weighted by Gasteiger charge is -2.25. The molecular weight excluding hydrogens is 376 g/mol. The maximum absolute atomic E-state index is 14.5. The molecule has 0 radical (unpaired) electrons. The fraction of sp³-hybridized carbons (Fsp3) is 0.450. The fourth-order valence-corrected chi connectivity index (χ4v) is 3.44. The average molecular weight is 398 g/mol. The number of rotatable bonds is 6. The van der Waals surface area contributed by atoms with Gasteiger partial charge in [0.15, 0.2) is 5.75 Å². The number of ether oxygens (including phenoxy) is 1. The van der Waals surface area contributed by atoms with Crippen molar-refractivity contribution in [2.24, 2.45) is 5.92 Å². The molecule has 2 N–H and O–H groups in total. The second-order valence-corrected chi connectivity index (χ2v) is 7.82. The van der Waals surface area contributed by atoms with Crippen LogP contribution in [0.5, 0.6) is 5.75 Å². The van der Waals surface area contributed by atoms with Gasteiger partial charge in [-0.05, 0) is 44.7 Å². The van der Waals surface area contributed by atoms with E-state index in [-0.39, 0.29) is 34.6 Å². The van der Waals surface area contributed by atoms with Gasteiger partial charge in [-0.2, -0.15) is 0 Å². The van der Waals surface area contributed by atoms with Gasteiger partial charge in [0.1, 0.15) is 17.3 Å². The van der Waals surface area contributed by atoms with Crippen molar-refractivity contribution in [2.75, 3.05) is 13.7 Å². The molecule has 1 fully saturated rings. The highest BCUT2D eigenvalue weighted by atomic mass is 35.5. The van der Waals surface area contributed by atoms with Crippen LogP contribution in [0.15, 0.2) is 18.2 Å². The molecule has 27 heavy (non-hydrogen) atoms. The topological polar surface area (TPSA) is 62.6 Å². The summed E-state index contributed by atoms with van der Waals surface area (Å²) in [4.78, 5) is 4.53. The van der Waals surface area contributed by atoms with Crippen molar-refractivity contribution in [3.63, 3.8) is 0 Å². The third-order valence-corrected chi connectivity index (χ3v) is 5.18. The van der Waals surface area contributed by atoms with Crippen LogP contribution < -0.4 is 4.74 Å². The molecule has 1 aliphatic carbocycles. The number of aliphatic hydroxyl groups excluding tert-OH is 1. The van der Waals surface area contributed by atoms with Crippen molar-refractivity contribution in [1.29, 1.82) is 0 Å². The minimum absolute atomic E-state index is 0.0295. The van der Waals surface area contributed by atoms with E-state index in [0.717, 1.165) is 18.9 Å². The van der Waals surface area contributed by atoms with E-state index in [2.05, 4.69) is 4.98 Å². The van der Waals surface area contributed by atoms with Crippen LogP contribution in [0, 0.1) is 17.6 Å². The van der Waals surface area contributed by atoms with Gasteiger partial charge in [0.2, 0.25) is 0 Å². The van der Waals surface area contributed by atoms with Gasteiger partial charge >= 0.3 is 0 Å². The summed E-state index contributed by atoms with van der Waals surface area (Å²) >= 11 is 5.85. The molecule has 146 valence electrons. The summed E-state index contributed by atoms with van der Waals surface area (Å²) in [6, 6.07) is 3.53. The first-order valence-corrected chi connectivity index (χ1v) is 9.12. The fourth-order valence-electron chi connectivity index (χ4n) is 3.27.